The molecule has 0 aromatic heterocycles. The van der Waals surface area contributed by atoms with E-state index in [1.54, 1.807) is 4.90 Å². The quantitative estimate of drug-likeness (QED) is 0.634. The molecule has 0 radical (unpaired) electrons. The third-order valence-electron chi connectivity index (χ3n) is 6.44. The average molecular weight is 434 g/mol. The van der Waals surface area contributed by atoms with Crippen molar-refractivity contribution in [1.82, 2.24) is 4.90 Å². The summed E-state index contributed by atoms with van der Waals surface area (Å²) in [6, 6.07) is 3.23. The van der Waals surface area contributed by atoms with E-state index >= 15 is 0 Å². The highest BCUT2D eigenvalue weighted by molar-refractivity contribution is 6.62. The van der Waals surface area contributed by atoms with E-state index in [2.05, 4.69) is 4.90 Å². The van der Waals surface area contributed by atoms with Gasteiger partial charge in [0.15, 0.2) is 11.6 Å². The maximum atomic E-state index is 15.0. The molecule has 4 rings (SSSR count). The highest BCUT2D eigenvalue weighted by atomic mass is 19.1. The number of nitrogens with zero attached hydrogens (tertiary/aromatic N) is 2. The van der Waals surface area contributed by atoms with Crippen molar-refractivity contribution in [3.05, 3.63) is 17.9 Å². The van der Waals surface area contributed by atoms with E-state index in [0.717, 1.165) is 0 Å². The van der Waals surface area contributed by atoms with Crippen LogP contribution in [0.2, 0.25) is 0 Å². The highest BCUT2D eigenvalue weighted by Crippen LogP contribution is 2.40. The van der Waals surface area contributed by atoms with Gasteiger partial charge in [0.05, 0.1) is 22.9 Å². The van der Waals surface area contributed by atoms with Gasteiger partial charge in [-0.25, -0.2) is 9.18 Å². The Hall–Kier alpha value is -2.00. The summed E-state index contributed by atoms with van der Waals surface area (Å²) >= 11 is 0. The fourth-order valence-corrected chi connectivity index (χ4v) is 4.06. The van der Waals surface area contributed by atoms with Gasteiger partial charge in [0.25, 0.3) is 0 Å². The van der Waals surface area contributed by atoms with Gasteiger partial charge in [-0.3, -0.25) is 0 Å². The summed E-state index contributed by atoms with van der Waals surface area (Å²) in [5.41, 5.74) is -0.284. The van der Waals surface area contributed by atoms with Crippen molar-refractivity contribution in [2.45, 2.75) is 71.3 Å². The molecule has 1 aromatic rings. The molecule has 0 aliphatic carbocycles. The standard InChI is InChI=1S/C22H32BFN2O5/c1-20(2,3)29-19(27)25-8-9-26-15(12-25)13-28-18-16(24)10-14(11-17(18)26)23-30-21(4,5)22(6,7)31-23/h10-11,15H,8-9,12-13H2,1-7H3/t15-/m1/s1. The normalized spacial score (nSPS) is 24.4. The molecule has 2 saturated heterocycles. The molecule has 7 nitrogen and oxygen atoms in total. The Morgan fingerprint density at radius 2 is 1.81 bits per heavy atom. The zero-order valence-electron chi connectivity index (χ0n) is 19.5. The summed E-state index contributed by atoms with van der Waals surface area (Å²) in [5, 5.41) is 0. The van der Waals surface area contributed by atoms with Crippen LogP contribution in [0.5, 0.6) is 5.75 Å². The monoisotopic (exact) mass is 434 g/mol. The largest absolute Gasteiger partial charge is 0.495 e. The molecule has 170 valence electrons. The van der Waals surface area contributed by atoms with Crippen LogP contribution in [-0.2, 0) is 14.0 Å². The van der Waals surface area contributed by atoms with Crippen LogP contribution in [0.25, 0.3) is 0 Å². The minimum Gasteiger partial charge on any atom is -0.486 e. The van der Waals surface area contributed by atoms with Crippen molar-refractivity contribution in [3.8, 4) is 5.75 Å². The second-order valence-electron chi connectivity index (χ2n) is 10.5. The molecule has 3 heterocycles. The lowest BCUT2D eigenvalue weighted by Crippen LogP contribution is -2.59. The van der Waals surface area contributed by atoms with Crippen LogP contribution in [0.15, 0.2) is 12.1 Å². The van der Waals surface area contributed by atoms with Gasteiger partial charge in [0.2, 0.25) is 0 Å². The first-order valence-corrected chi connectivity index (χ1v) is 10.8. The highest BCUT2D eigenvalue weighted by Gasteiger charge is 2.52. The van der Waals surface area contributed by atoms with E-state index in [1.165, 1.54) is 6.07 Å². The van der Waals surface area contributed by atoms with E-state index in [-0.39, 0.29) is 17.9 Å². The molecule has 3 aliphatic rings. The van der Waals surface area contributed by atoms with Gasteiger partial charge < -0.3 is 28.6 Å². The summed E-state index contributed by atoms with van der Waals surface area (Å²) in [4.78, 5) is 16.3. The predicted octanol–water partition coefficient (Wildman–Crippen LogP) is 2.94. The number of benzene rings is 1. The third kappa shape index (κ3) is 4.10. The first-order valence-electron chi connectivity index (χ1n) is 10.8. The zero-order valence-corrected chi connectivity index (χ0v) is 19.5. The Morgan fingerprint density at radius 3 is 2.42 bits per heavy atom. The molecule has 1 amide bonds. The molecule has 0 saturated carbocycles. The van der Waals surface area contributed by atoms with Gasteiger partial charge in [-0.15, -0.1) is 0 Å². The van der Waals surface area contributed by atoms with Crippen LogP contribution < -0.4 is 15.1 Å². The number of piperazine rings is 1. The second-order valence-corrected chi connectivity index (χ2v) is 10.5. The Bertz CT molecular complexity index is 869. The molecule has 2 fully saturated rings. The van der Waals surface area contributed by atoms with Crippen molar-refractivity contribution < 1.29 is 28.0 Å². The minimum absolute atomic E-state index is 0.0817. The van der Waals surface area contributed by atoms with E-state index in [1.807, 2.05) is 54.5 Å². The number of halogens is 1. The Balaban J connectivity index is 1.56. The zero-order chi connectivity index (χ0) is 22.8. The van der Waals surface area contributed by atoms with Gasteiger partial charge in [-0.1, -0.05) is 0 Å². The maximum Gasteiger partial charge on any atom is 0.495 e. The van der Waals surface area contributed by atoms with Crippen LogP contribution in [0.4, 0.5) is 14.9 Å². The fourth-order valence-electron chi connectivity index (χ4n) is 4.06. The second kappa shape index (κ2) is 7.27. The number of fused-ring (bicyclic) bond motifs is 3. The van der Waals surface area contributed by atoms with E-state index < -0.39 is 29.7 Å². The molecular formula is C22H32BFN2O5. The summed E-state index contributed by atoms with van der Waals surface area (Å²) in [7, 11) is -0.659. The summed E-state index contributed by atoms with van der Waals surface area (Å²) in [5.74, 6) is -0.197. The Kier molecular flexibility index (Phi) is 5.21. The molecule has 0 spiro atoms. The molecule has 1 atom stereocenters. The molecular weight excluding hydrogens is 402 g/mol. The van der Waals surface area contributed by atoms with Crippen molar-refractivity contribution in [1.29, 1.82) is 0 Å². The number of hydrogen-bond acceptors (Lipinski definition) is 6. The summed E-state index contributed by atoms with van der Waals surface area (Å²) in [6.07, 6.45) is -0.338. The van der Waals surface area contributed by atoms with Crippen molar-refractivity contribution in [2.24, 2.45) is 0 Å². The SMILES string of the molecule is CC(C)(C)OC(=O)N1CCN2c3cc(B4OC(C)(C)C(C)(C)O4)cc(F)c3OC[C@H]2C1. The smallest absolute Gasteiger partial charge is 0.486 e. The Labute approximate surface area is 183 Å². The lowest BCUT2D eigenvalue weighted by Gasteiger charge is -2.45. The average Bonchev–Trinajstić information content (AvgIpc) is 2.87. The van der Waals surface area contributed by atoms with Crippen LogP contribution in [0, 0.1) is 5.82 Å². The van der Waals surface area contributed by atoms with Crippen LogP contribution in [-0.4, -0.2) is 67.2 Å². The predicted molar refractivity (Wildman–Crippen MR) is 117 cm³/mol. The van der Waals surface area contributed by atoms with Crippen LogP contribution in [0.3, 0.4) is 0 Å². The number of rotatable bonds is 1. The molecule has 0 unspecified atom stereocenters. The first kappa shape index (κ1) is 22.2. The van der Waals surface area contributed by atoms with Gasteiger partial charge in [-0.05, 0) is 66.1 Å². The lowest BCUT2D eigenvalue weighted by molar-refractivity contribution is 0.00578. The fraction of sp³-hybridized carbons (Fsp3) is 0.682. The molecule has 0 N–H and O–H groups in total. The minimum atomic E-state index is -0.659. The van der Waals surface area contributed by atoms with Gasteiger partial charge in [0.1, 0.15) is 12.2 Å². The van der Waals surface area contributed by atoms with Gasteiger partial charge in [0, 0.05) is 19.6 Å². The number of carbonyl (C=O) groups is 1. The van der Waals surface area contributed by atoms with Crippen molar-refractivity contribution in [2.75, 3.05) is 31.1 Å². The van der Waals surface area contributed by atoms with Crippen molar-refractivity contribution >= 4 is 24.4 Å². The van der Waals surface area contributed by atoms with E-state index in [4.69, 9.17) is 18.8 Å². The lowest BCUT2D eigenvalue weighted by atomic mass is 9.78. The van der Waals surface area contributed by atoms with Crippen LogP contribution in [0.1, 0.15) is 48.5 Å². The Morgan fingerprint density at radius 1 is 1.16 bits per heavy atom. The summed E-state index contributed by atoms with van der Waals surface area (Å²) in [6.45, 7) is 15.2. The number of ether oxygens (including phenoxy) is 2. The molecule has 3 aliphatic heterocycles. The van der Waals surface area contributed by atoms with E-state index in [9.17, 15) is 9.18 Å². The number of amides is 1. The molecule has 0 bridgehead atoms. The molecule has 1 aromatic carbocycles. The first-order chi connectivity index (χ1) is 14.3. The summed E-state index contributed by atoms with van der Waals surface area (Å²) < 4.78 is 38.5. The maximum absolute atomic E-state index is 15.0. The number of hydrogen-bond donors (Lipinski definition) is 0. The van der Waals surface area contributed by atoms with E-state index in [0.29, 0.717) is 37.4 Å². The van der Waals surface area contributed by atoms with Gasteiger partial charge in [-0.2, -0.15) is 0 Å². The molecule has 9 heteroatoms. The van der Waals surface area contributed by atoms with Crippen LogP contribution >= 0.6 is 0 Å². The topological polar surface area (TPSA) is 60.5 Å². The third-order valence-corrected chi connectivity index (χ3v) is 6.44. The van der Waals surface area contributed by atoms with Crippen molar-refractivity contribution in [3.63, 3.8) is 0 Å². The van der Waals surface area contributed by atoms with Gasteiger partial charge >= 0.3 is 13.2 Å². The molecule has 31 heavy (non-hydrogen) atoms. The number of anilines is 1. The number of carbonyl (C=O) groups excluding carboxylic acids is 1.